The van der Waals surface area contributed by atoms with Crippen molar-refractivity contribution in [1.82, 2.24) is 4.90 Å². The van der Waals surface area contributed by atoms with Gasteiger partial charge in [-0.15, -0.1) is 12.4 Å². The number of allylic oxidation sites excluding steroid dienone is 1. The Labute approximate surface area is 237 Å². The Bertz CT molecular complexity index is 1420. The van der Waals surface area contributed by atoms with E-state index < -0.39 is 17.7 Å². The quantitative estimate of drug-likeness (QED) is 0.291. The molecule has 0 atom stereocenters. The van der Waals surface area contributed by atoms with E-state index >= 15 is 0 Å². The van der Waals surface area contributed by atoms with Gasteiger partial charge in [-0.05, 0) is 94.5 Å². The largest absolute Gasteiger partial charge is 0.478 e. The number of nitrogens with zero attached hydrogens (tertiary/aromatic N) is 1. The number of alkyl halides is 4. The summed E-state index contributed by atoms with van der Waals surface area (Å²) in [5, 5.41) is 9.52. The molecule has 0 saturated carbocycles. The standard InChI is InChI=1S/C32H29F4NO2.ClH/c33-15-2-16-37-19-22(20-37)17-21-5-7-24(8-6-21)30-28(23-9-12-27(13-10-23)32(34,35)36)4-1-3-25-18-26(31(38)39)11-14-29(25)30;/h5-14,17-18H,1-4,15-16,19-20H2,(H,38,39);1H. The summed E-state index contributed by atoms with van der Waals surface area (Å²) in [7, 11) is 0. The van der Waals surface area contributed by atoms with Crippen LogP contribution in [0, 0.1) is 0 Å². The van der Waals surface area contributed by atoms with Crippen molar-refractivity contribution in [2.24, 2.45) is 0 Å². The number of likely N-dealkylation sites (tertiary alicyclic amines) is 1. The van der Waals surface area contributed by atoms with E-state index in [1.165, 1.54) is 17.7 Å². The summed E-state index contributed by atoms with van der Waals surface area (Å²) in [4.78, 5) is 13.8. The minimum absolute atomic E-state index is 0. The first kappa shape index (κ1) is 29.6. The SMILES string of the molecule is Cl.O=C(O)c1ccc2c(c1)CCCC(c1ccc(C(F)(F)F)cc1)=C2c1ccc(C=C2CN(CCCF)C2)cc1. The molecule has 1 heterocycles. The summed E-state index contributed by atoms with van der Waals surface area (Å²) < 4.78 is 52.1. The van der Waals surface area contributed by atoms with Gasteiger partial charge in [0.05, 0.1) is 17.8 Å². The predicted octanol–water partition coefficient (Wildman–Crippen LogP) is 8.18. The molecule has 0 spiro atoms. The molecule has 3 aromatic rings. The van der Waals surface area contributed by atoms with Crippen molar-refractivity contribution in [3.8, 4) is 0 Å². The number of aryl methyl sites for hydroxylation is 1. The molecular weight excluding hydrogens is 542 g/mol. The van der Waals surface area contributed by atoms with E-state index in [0.29, 0.717) is 19.3 Å². The average molecular weight is 572 g/mol. The van der Waals surface area contributed by atoms with Gasteiger partial charge in [-0.2, -0.15) is 13.2 Å². The molecule has 3 nitrogen and oxygen atoms in total. The lowest BCUT2D eigenvalue weighted by Crippen LogP contribution is -2.40. The number of hydrogen-bond acceptors (Lipinski definition) is 2. The van der Waals surface area contributed by atoms with Crippen LogP contribution in [0.5, 0.6) is 0 Å². The number of carbonyl (C=O) groups is 1. The highest BCUT2D eigenvalue weighted by molar-refractivity contribution is 6.00. The Balaban J connectivity index is 0.00000370. The Hall–Kier alpha value is -3.42. The second-order valence-corrected chi connectivity index (χ2v) is 10.1. The molecule has 1 fully saturated rings. The number of benzene rings is 3. The van der Waals surface area contributed by atoms with Crippen LogP contribution >= 0.6 is 12.4 Å². The first-order chi connectivity index (χ1) is 18.7. The second kappa shape index (κ2) is 12.4. The fourth-order valence-corrected chi connectivity index (χ4v) is 5.44. The maximum Gasteiger partial charge on any atom is 0.416 e. The lowest BCUT2D eigenvalue weighted by atomic mass is 9.86. The molecule has 0 unspecified atom stereocenters. The van der Waals surface area contributed by atoms with Crippen LogP contribution in [0.3, 0.4) is 0 Å². The lowest BCUT2D eigenvalue weighted by molar-refractivity contribution is -0.137. The summed E-state index contributed by atoms with van der Waals surface area (Å²) in [6.45, 7) is 2.13. The Kier molecular flexibility index (Phi) is 9.16. The van der Waals surface area contributed by atoms with Crippen molar-refractivity contribution < 1.29 is 27.5 Å². The number of fused-ring (bicyclic) bond motifs is 1. The maximum absolute atomic E-state index is 13.2. The van der Waals surface area contributed by atoms with E-state index in [1.807, 2.05) is 30.3 Å². The number of carboxylic acid groups (broad SMARTS) is 1. The third-order valence-corrected chi connectivity index (χ3v) is 7.39. The van der Waals surface area contributed by atoms with Gasteiger partial charge >= 0.3 is 12.1 Å². The van der Waals surface area contributed by atoms with Crippen molar-refractivity contribution in [1.29, 1.82) is 0 Å². The molecule has 0 bridgehead atoms. The lowest BCUT2D eigenvalue weighted by Gasteiger charge is -2.33. The van der Waals surface area contributed by atoms with Gasteiger partial charge < -0.3 is 5.11 Å². The maximum atomic E-state index is 13.2. The summed E-state index contributed by atoms with van der Waals surface area (Å²) in [5.41, 5.74) is 7.19. The molecule has 8 heteroatoms. The molecule has 1 aliphatic heterocycles. The minimum Gasteiger partial charge on any atom is -0.478 e. The third-order valence-electron chi connectivity index (χ3n) is 7.39. The van der Waals surface area contributed by atoms with Gasteiger partial charge in [-0.3, -0.25) is 9.29 Å². The van der Waals surface area contributed by atoms with E-state index in [4.69, 9.17) is 0 Å². The zero-order valence-corrected chi connectivity index (χ0v) is 22.6. The fourth-order valence-electron chi connectivity index (χ4n) is 5.44. The van der Waals surface area contributed by atoms with Crippen LogP contribution in [0.1, 0.15) is 63.0 Å². The molecule has 1 saturated heterocycles. The van der Waals surface area contributed by atoms with Crippen LogP contribution in [0.25, 0.3) is 17.2 Å². The van der Waals surface area contributed by atoms with Gasteiger partial charge in [0.25, 0.3) is 0 Å². The highest BCUT2D eigenvalue weighted by Gasteiger charge is 2.30. The molecule has 0 radical (unpaired) electrons. The summed E-state index contributed by atoms with van der Waals surface area (Å²) in [6, 6.07) is 18.5. The van der Waals surface area contributed by atoms with Crippen LogP contribution in [0.4, 0.5) is 17.6 Å². The van der Waals surface area contributed by atoms with E-state index in [2.05, 4.69) is 11.0 Å². The van der Waals surface area contributed by atoms with E-state index in [9.17, 15) is 27.5 Å². The average Bonchev–Trinajstić information content (AvgIpc) is 3.09. The van der Waals surface area contributed by atoms with Crippen molar-refractivity contribution in [2.45, 2.75) is 31.9 Å². The van der Waals surface area contributed by atoms with Gasteiger partial charge in [0, 0.05) is 19.6 Å². The first-order valence-corrected chi connectivity index (χ1v) is 13.1. The minimum atomic E-state index is -4.41. The summed E-state index contributed by atoms with van der Waals surface area (Å²) in [5.74, 6) is -0.993. The monoisotopic (exact) mass is 571 g/mol. The highest BCUT2D eigenvalue weighted by atomic mass is 35.5. The molecule has 0 aromatic heterocycles. The zero-order chi connectivity index (χ0) is 27.6. The molecule has 3 aromatic carbocycles. The molecule has 2 aliphatic rings. The molecule has 5 rings (SSSR count). The van der Waals surface area contributed by atoms with Gasteiger partial charge in [0.2, 0.25) is 0 Å². The predicted molar refractivity (Wildman–Crippen MR) is 152 cm³/mol. The molecule has 1 N–H and O–H groups in total. The van der Waals surface area contributed by atoms with Gasteiger partial charge in [-0.25, -0.2) is 4.79 Å². The Morgan fingerprint density at radius 2 is 1.60 bits per heavy atom. The van der Waals surface area contributed by atoms with Crippen LogP contribution in [-0.4, -0.2) is 42.3 Å². The smallest absolute Gasteiger partial charge is 0.416 e. The van der Waals surface area contributed by atoms with Crippen LogP contribution in [-0.2, 0) is 12.6 Å². The van der Waals surface area contributed by atoms with Crippen molar-refractivity contribution in [2.75, 3.05) is 26.3 Å². The van der Waals surface area contributed by atoms with E-state index in [1.54, 1.807) is 12.1 Å². The summed E-state index contributed by atoms with van der Waals surface area (Å²) >= 11 is 0. The van der Waals surface area contributed by atoms with Crippen LogP contribution in [0.2, 0.25) is 0 Å². The Morgan fingerprint density at radius 1 is 0.925 bits per heavy atom. The fraction of sp³-hybridized carbons (Fsp3) is 0.281. The zero-order valence-electron chi connectivity index (χ0n) is 21.8. The van der Waals surface area contributed by atoms with E-state index in [0.717, 1.165) is 77.2 Å². The van der Waals surface area contributed by atoms with Gasteiger partial charge in [0.15, 0.2) is 0 Å². The number of carboxylic acids is 1. The number of aromatic carboxylic acids is 1. The molecule has 210 valence electrons. The van der Waals surface area contributed by atoms with Crippen molar-refractivity contribution in [3.63, 3.8) is 0 Å². The van der Waals surface area contributed by atoms with Crippen molar-refractivity contribution >= 4 is 35.6 Å². The number of halogens is 5. The normalized spacial score (nSPS) is 15.6. The number of hydrogen-bond donors (Lipinski definition) is 1. The first-order valence-electron chi connectivity index (χ1n) is 13.1. The molecule has 40 heavy (non-hydrogen) atoms. The Morgan fingerprint density at radius 3 is 2.23 bits per heavy atom. The van der Waals surface area contributed by atoms with Crippen LogP contribution in [0.15, 0.2) is 72.3 Å². The second-order valence-electron chi connectivity index (χ2n) is 10.1. The molecular formula is C32H30ClF4NO2. The summed E-state index contributed by atoms with van der Waals surface area (Å²) in [6.07, 6.45) is 0.355. The molecule has 1 aliphatic carbocycles. The van der Waals surface area contributed by atoms with Gasteiger partial charge in [0.1, 0.15) is 0 Å². The third kappa shape index (κ3) is 6.48. The molecule has 0 amide bonds. The van der Waals surface area contributed by atoms with Crippen molar-refractivity contribution in [3.05, 3.63) is 111 Å². The van der Waals surface area contributed by atoms with E-state index in [-0.39, 0.29) is 24.6 Å². The van der Waals surface area contributed by atoms with Crippen LogP contribution < -0.4 is 0 Å². The topological polar surface area (TPSA) is 40.5 Å². The number of rotatable bonds is 7. The highest BCUT2D eigenvalue weighted by Crippen LogP contribution is 2.41. The van der Waals surface area contributed by atoms with Gasteiger partial charge in [-0.1, -0.05) is 48.5 Å².